The molecule has 1 aromatic rings. The minimum absolute atomic E-state index is 0.0229. The van der Waals surface area contributed by atoms with E-state index in [0.717, 1.165) is 19.3 Å². The van der Waals surface area contributed by atoms with Crippen LogP contribution in [0.4, 0.5) is 0 Å². The molecule has 154 valence electrons. The van der Waals surface area contributed by atoms with Gasteiger partial charge in [-0.3, -0.25) is 19.3 Å². The molecule has 8 heteroatoms. The first-order chi connectivity index (χ1) is 13.5. The Morgan fingerprint density at radius 1 is 1.14 bits per heavy atom. The van der Waals surface area contributed by atoms with Crippen LogP contribution in [0.2, 0.25) is 0 Å². The molecule has 28 heavy (non-hydrogen) atoms. The zero-order valence-corrected chi connectivity index (χ0v) is 17.5. The highest BCUT2D eigenvalue weighted by Crippen LogP contribution is 2.23. The highest BCUT2D eigenvalue weighted by atomic mass is 32.1. The van der Waals surface area contributed by atoms with Crippen LogP contribution in [0.15, 0.2) is 17.5 Å². The third-order valence-corrected chi connectivity index (χ3v) is 6.14. The second kappa shape index (κ2) is 9.52. The molecule has 0 saturated carbocycles. The summed E-state index contributed by atoms with van der Waals surface area (Å²) in [5, 5.41) is 4.79. The lowest BCUT2D eigenvalue weighted by molar-refractivity contribution is -0.139. The Balaban J connectivity index is 1.56. The van der Waals surface area contributed by atoms with Crippen molar-refractivity contribution in [2.75, 3.05) is 39.3 Å². The van der Waals surface area contributed by atoms with Crippen molar-refractivity contribution in [1.82, 2.24) is 20.0 Å². The van der Waals surface area contributed by atoms with Crippen LogP contribution in [0, 0.1) is 0 Å². The fraction of sp³-hybridized carbons (Fsp3) is 0.650. The second-order valence-corrected chi connectivity index (χ2v) is 8.76. The van der Waals surface area contributed by atoms with Crippen LogP contribution < -0.4 is 5.32 Å². The van der Waals surface area contributed by atoms with Crippen molar-refractivity contribution in [3.63, 3.8) is 0 Å². The lowest BCUT2D eigenvalue weighted by Gasteiger charge is -2.40. The molecule has 1 aromatic heterocycles. The normalized spacial score (nSPS) is 21.0. The SMILES string of the molecule is CC(C)NC(=O)CN1CCN(C(=O)C2CCCCN2C(=O)c2cccs2)CC1. The minimum Gasteiger partial charge on any atom is -0.353 e. The van der Waals surface area contributed by atoms with Crippen molar-refractivity contribution in [3.8, 4) is 0 Å². The summed E-state index contributed by atoms with van der Waals surface area (Å²) in [5.41, 5.74) is 0. The Kier molecular flexibility index (Phi) is 7.07. The number of hydrogen-bond donors (Lipinski definition) is 1. The Morgan fingerprint density at radius 3 is 2.54 bits per heavy atom. The maximum atomic E-state index is 13.1. The van der Waals surface area contributed by atoms with Crippen molar-refractivity contribution in [3.05, 3.63) is 22.4 Å². The summed E-state index contributed by atoms with van der Waals surface area (Å²) in [6.07, 6.45) is 2.65. The maximum absolute atomic E-state index is 13.1. The molecule has 2 aliphatic rings. The molecule has 2 saturated heterocycles. The Bertz CT molecular complexity index is 684. The molecule has 3 heterocycles. The summed E-state index contributed by atoms with van der Waals surface area (Å²) in [7, 11) is 0. The summed E-state index contributed by atoms with van der Waals surface area (Å²) >= 11 is 1.42. The minimum atomic E-state index is -0.362. The lowest BCUT2D eigenvalue weighted by Crippen LogP contribution is -2.57. The summed E-state index contributed by atoms with van der Waals surface area (Å²) in [6, 6.07) is 3.46. The van der Waals surface area contributed by atoms with E-state index in [1.807, 2.05) is 36.3 Å². The van der Waals surface area contributed by atoms with Gasteiger partial charge in [-0.05, 0) is 44.6 Å². The number of nitrogens with one attached hydrogen (secondary N) is 1. The number of nitrogens with zero attached hydrogens (tertiary/aromatic N) is 3. The van der Waals surface area contributed by atoms with Gasteiger partial charge in [-0.1, -0.05) is 6.07 Å². The predicted molar refractivity (Wildman–Crippen MR) is 109 cm³/mol. The average Bonchev–Trinajstić information content (AvgIpc) is 3.21. The fourth-order valence-corrected chi connectivity index (χ4v) is 4.56. The van der Waals surface area contributed by atoms with Crippen LogP contribution in [-0.4, -0.2) is 83.8 Å². The number of likely N-dealkylation sites (tertiary alicyclic amines) is 1. The first-order valence-electron chi connectivity index (χ1n) is 10.1. The number of carbonyl (C=O) groups is 3. The van der Waals surface area contributed by atoms with Gasteiger partial charge in [0.2, 0.25) is 11.8 Å². The van der Waals surface area contributed by atoms with Crippen LogP contribution in [0.25, 0.3) is 0 Å². The van der Waals surface area contributed by atoms with E-state index in [9.17, 15) is 14.4 Å². The van der Waals surface area contributed by atoms with Gasteiger partial charge < -0.3 is 15.1 Å². The molecule has 1 N–H and O–H groups in total. The van der Waals surface area contributed by atoms with E-state index in [-0.39, 0.29) is 29.8 Å². The van der Waals surface area contributed by atoms with E-state index >= 15 is 0 Å². The number of carbonyl (C=O) groups excluding carboxylic acids is 3. The number of piperazine rings is 1. The largest absolute Gasteiger partial charge is 0.353 e. The monoisotopic (exact) mass is 406 g/mol. The highest BCUT2D eigenvalue weighted by Gasteiger charge is 2.36. The molecule has 0 spiro atoms. The molecule has 3 amide bonds. The number of piperidine rings is 1. The van der Waals surface area contributed by atoms with Crippen LogP contribution >= 0.6 is 11.3 Å². The summed E-state index contributed by atoms with van der Waals surface area (Å²) < 4.78 is 0. The summed E-state index contributed by atoms with van der Waals surface area (Å²) in [5.74, 6) is 0.0442. The molecule has 0 bridgehead atoms. The van der Waals surface area contributed by atoms with Crippen LogP contribution in [0.1, 0.15) is 42.8 Å². The van der Waals surface area contributed by atoms with Crippen LogP contribution in [0.3, 0.4) is 0 Å². The van der Waals surface area contributed by atoms with Gasteiger partial charge in [0.15, 0.2) is 0 Å². The third kappa shape index (κ3) is 5.11. The Morgan fingerprint density at radius 2 is 1.89 bits per heavy atom. The van der Waals surface area contributed by atoms with Gasteiger partial charge in [0.25, 0.3) is 5.91 Å². The van der Waals surface area contributed by atoms with Gasteiger partial charge in [0.05, 0.1) is 11.4 Å². The van der Waals surface area contributed by atoms with Gasteiger partial charge in [0, 0.05) is 38.8 Å². The third-order valence-electron chi connectivity index (χ3n) is 5.28. The van der Waals surface area contributed by atoms with E-state index in [1.165, 1.54) is 11.3 Å². The van der Waals surface area contributed by atoms with Crippen molar-refractivity contribution < 1.29 is 14.4 Å². The first-order valence-corrected chi connectivity index (χ1v) is 11.0. The summed E-state index contributed by atoms with van der Waals surface area (Å²) in [4.78, 5) is 44.3. The average molecular weight is 407 g/mol. The van der Waals surface area contributed by atoms with E-state index in [2.05, 4.69) is 10.2 Å². The van der Waals surface area contributed by atoms with E-state index in [4.69, 9.17) is 0 Å². The van der Waals surface area contributed by atoms with Crippen molar-refractivity contribution >= 4 is 29.1 Å². The van der Waals surface area contributed by atoms with E-state index < -0.39 is 0 Å². The molecule has 1 unspecified atom stereocenters. The standard InChI is InChI=1S/C20H30N4O3S/c1-15(2)21-18(25)14-22-9-11-23(12-10-22)19(26)16-6-3-4-8-24(16)20(27)17-7-5-13-28-17/h5,7,13,15-16H,3-4,6,8-12,14H2,1-2H3,(H,21,25). The molecular formula is C20H30N4O3S. The smallest absolute Gasteiger partial charge is 0.264 e. The zero-order chi connectivity index (χ0) is 20.1. The fourth-order valence-electron chi connectivity index (χ4n) is 3.88. The molecular weight excluding hydrogens is 376 g/mol. The van der Waals surface area contributed by atoms with Crippen molar-refractivity contribution in [2.24, 2.45) is 0 Å². The van der Waals surface area contributed by atoms with E-state index in [1.54, 1.807) is 4.90 Å². The zero-order valence-electron chi connectivity index (χ0n) is 16.7. The second-order valence-electron chi connectivity index (χ2n) is 7.81. The molecule has 3 rings (SSSR count). The molecule has 0 radical (unpaired) electrons. The van der Waals surface area contributed by atoms with Crippen LogP contribution in [-0.2, 0) is 9.59 Å². The number of rotatable bonds is 5. The Hall–Kier alpha value is -1.93. The number of hydrogen-bond acceptors (Lipinski definition) is 5. The van der Waals surface area contributed by atoms with Crippen molar-refractivity contribution in [2.45, 2.75) is 45.2 Å². The highest BCUT2D eigenvalue weighted by molar-refractivity contribution is 7.12. The van der Waals surface area contributed by atoms with Crippen molar-refractivity contribution in [1.29, 1.82) is 0 Å². The topological polar surface area (TPSA) is 73.0 Å². The molecule has 2 fully saturated rings. The van der Waals surface area contributed by atoms with Gasteiger partial charge in [-0.15, -0.1) is 11.3 Å². The quantitative estimate of drug-likeness (QED) is 0.803. The Labute approximate surface area is 170 Å². The van der Waals surface area contributed by atoms with E-state index in [0.29, 0.717) is 44.1 Å². The molecule has 2 aliphatic heterocycles. The lowest BCUT2D eigenvalue weighted by atomic mass is 10.00. The summed E-state index contributed by atoms with van der Waals surface area (Å²) in [6.45, 7) is 7.47. The van der Waals surface area contributed by atoms with Gasteiger partial charge in [-0.25, -0.2) is 0 Å². The van der Waals surface area contributed by atoms with Crippen LogP contribution in [0.5, 0.6) is 0 Å². The number of thiophene rings is 1. The molecule has 7 nitrogen and oxygen atoms in total. The molecule has 0 aromatic carbocycles. The van der Waals surface area contributed by atoms with Gasteiger partial charge >= 0.3 is 0 Å². The van der Waals surface area contributed by atoms with Gasteiger partial charge in [0.1, 0.15) is 6.04 Å². The number of amides is 3. The maximum Gasteiger partial charge on any atom is 0.264 e. The van der Waals surface area contributed by atoms with Gasteiger partial charge in [-0.2, -0.15) is 0 Å². The molecule has 0 aliphatic carbocycles. The first kappa shape index (κ1) is 20.8. The molecule has 1 atom stereocenters. The predicted octanol–water partition coefficient (Wildman–Crippen LogP) is 1.41.